The number of H-pyrrole nitrogens is 1. The predicted octanol–water partition coefficient (Wildman–Crippen LogP) is 0.699. The van der Waals surface area contributed by atoms with E-state index in [0.717, 1.165) is 5.69 Å². The van der Waals surface area contributed by atoms with Crippen molar-refractivity contribution in [1.82, 2.24) is 9.97 Å². The molecule has 0 radical (unpaired) electrons. The van der Waals surface area contributed by atoms with Gasteiger partial charge < -0.3 is 15.8 Å². The van der Waals surface area contributed by atoms with Crippen molar-refractivity contribution < 1.29 is 5.11 Å². The Morgan fingerprint density at radius 2 is 2.23 bits per heavy atom. The van der Waals surface area contributed by atoms with Crippen molar-refractivity contribution in [2.75, 3.05) is 6.61 Å². The number of nitrogens with one attached hydrogen (secondary N) is 1. The summed E-state index contributed by atoms with van der Waals surface area (Å²) in [6, 6.07) is -0.406. The van der Waals surface area contributed by atoms with E-state index in [0.29, 0.717) is 5.82 Å². The molecule has 4 nitrogen and oxygen atoms in total. The zero-order valence-electron chi connectivity index (χ0n) is 8.33. The van der Waals surface area contributed by atoms with Crippen LogP contribution in [0, 0.1) is 0 Å². The molecular formula is C9H17N3O. The average Bonchev–Trinajstić information content (AvgIpc) is 2.50. The highest BCUT2D eigenvalue weighted by Gasteiger charge is 2.18. The third-order valence-electron chi connectivity index (χ3n) is 1.95. The van der Waals surface area contributed by atoms with E-state index >= 15 is 0 Å². The van der Waals surface area contributed by atoms with Crippen molar-refractivity contribution >= 4 is 0 Å². The summed E-state index contributed by atoms with van der Waals surface area (Å²) in [6.07, 6.45) is 1.77. The lowest BCUT2D eigenvalue weighted by Gasteiger charge is -2.15. The summed E-state index contributed by atoms with van der Waals surface area (Å²) in [5.74, 6) is 0.646. The zero-order valence-corrected chi connectivity index (χ0v) is 8.33. The molecule has 1 unspecified atom stereocenters. The minimum absolute atomic E-state index is 0.0421. The van der Waals surface area contributed by atoms with Gasteiger partial charge in [-0.05, 0) is 0 Å². The van der Waals surface area contributed by atoms with Crippen LogP contribution in [0.15, 0.2) is 6.20 Å². The van der Waals surface area contributed by atoms with E-state index in [1.54, 1.807) is 6.20 Å². The van der Waals surface area contributed by atoms with Gasteiger partial charge in [0.25, 0.3) is 0 Å². The van der Waals surface area contributed by atoms with Gasteiger partial charge >= 0.3 is 0 Å². The van der Waals surface area contributed by atoms with Crippen LogP contribution in [0.5, 0.6) is 0 Å². The molecule has 0 saturated heterocycles. The van der Waals surface area contributed by atoms with Crippen LogP contribution in [-0.2, 0) is 5.41 Å². The Bertz CT molecular complexity index is 275. The van der Waals surface area contributed by atoms with E-state index in [1.807, 2.05) is 0 Å². The Morgan fingerprint density at radius 1 is 1.62 bits per heavy atom. The molecule has 1 rings (SSSR count). The number of nitrogens with zero attached hydrogens (tertiary/aromatic N) is 1. The summed E-state index contributed by atoms with van der Waals surface area (Å²) in [7, 11) is 0. The second-order valence-corrected chi connectivity index (χ2v) is 4.22. The lowest BCUT2D eigenvalue weighted by Crippen LogP contribution is -2.17. The van der Waals surface area contributed by atoms with Crippen LogP contribution in [0.3, 0.4) is 0 Å². The van der Waals surface area contributed by atoms with Crippen molar-refractivity contribution in [3.05, 3.63) is 17.7 Å². The van der Waals surface area contributed by atoms with E-state index in [4.69, 9.17) is 10.8 Å². The second kappa shape index (κ2) is 3.47. The Hall–Kier alpha value is -0.870. The van der Waals surface area contributed by atoms with E-state index in [2.05, 4.69) is 30.7 Å². The summed E-state index contributed by atoms with van der Waals surface area (Å²) in [6.45, 7) is 6.19. The molecule has 13 heavy (non-hydrogen) atoms. The van der Waals surface area contributed by atoms with Crippen molar-refractivity contribution in [2.45, 2.75) is 32.2 Å². The first kappa shape index (κ1) is 10.2. The maximum absolute atomic E-state index is 8.82. The first-order valence-corrected chi connectivity index (χ1v) is 4.37. The number of imidazole rings is 1. The standard InChI is InChI=1S/C9H17N3O/c1-9(2,3)7-4-11-8(12-7)6(10)5-13/h4,6,13H,5,10H2,1-3H3,(H,11,12). The Morgan fingerprint density at radius 3 is 2.62 bits per heavy atom. The minimum Gasteiger partial charge on any atom is -0.394 e. The molecule has 1 atom stereocenters. The third-order valence-corrected chi connectivity index (χ3v) is 1.95. The normalized spacial score (nSPS) is 14.5. The molecule has 4 heteroatoms. The highest BCUT2D eigenvalue weighted by Crippen LogP contribution is 2.20. The topological polar surface area (TPSA) is 74.9 Å². The van der Waals surface area contributed by atoms with E-state index < -0.39 is 6.04 Å². The Labute approximate surface area is 78.2 Å². The third kappa shape index (κ3) is 2.29. The molecule has 0 bridgehead atoms. The number of nitrogens with two attached hydrogens (primary N) is 1. The summed E-state index contributed by atoms with van der Waals surface area (Å²) in [4.78, 5) is 7.22. The quantitative estimate of drug-likeness (QED) is 0.631. The maximum Gasteiger partial charge on any atom is 0.125 e. The van der Waals surface area contributed by atoms with Crippen molar-refractivity contribution in [2.24, 2.45) is 5.73 Å². The largest absolute Gasteiger partial charge is 0.394 e. The summed E-state index contributed by atoms with van der Waals surface area (Å²) >= 11 is 0. The van der Waals surface area contributed by atoms with Crippen molar-refractivity contribution in [3.8, 4) is 0 Å². The van der Waals surface area contributed by atoms with Crippen LogP contribution in [0.1, 0.15) is 38.3 Å². The monoisotopic (exact) mass is 183 g/mol. The number of hydrogen-bond acceptors (Lipinski definition) is 3. The fourth-order valence-electron chi connectivity index (χ4n) is 0.993. The van der Waals surface area contributed by atoms with Gasteiger partial charge in [-0.15, -0.1) is 0 Å². The van der Waals surface area contributed by atoms with Crippen molar-refractivity contribution in [3.63, 3.8) is 0 Å². The predicted molar refractivity (Wildman–Crippen MR) is 51.3 cm³/mol. The van der Waals surface area contributed by atoms with E-state index in [1.165, 1.54) is 0 Å². The first-order chi connectivity index (χ1) is 5.95. The molecule has 1 heterocycles. The molecule has 74 valence electrons. The van der Waals surface area contributed by atoms with Gasteiger partial charge in [-0.1, -0.05) is 20.8 Å². The fraction of sp³-hybridized carbons (Fsp3) is 0.667. The molecule has 0 aromatic carbocycles. The molecule has 0 aliphatic rings. The molecule has 0 fully saturated rings. The number of aromatic amines is 1. The number of rotatable bonds is 2. The van der Waals surface area contributed by atoms with E-state index in [9.17, 15) is 0 Å². The highest BCUT2D eigenvalue weighted by atomic mass is 16.3. The number of aromatic nitrogens is 2. The number of aliphatic hydroxyl groups excluding tert-OH is 1. The number of aliphatic hydroxyl groups is 1. The maximum atomic E-state index is 8.82. The summed E-state index contributed by atoms with van der Waals surface area (Å²) < 4.78 is 0. The zero-order chi connectivity index (χ0) is 10.1. The molecular weight excluding hydrogens is 166 g/mol. The molecule has 0 amide bonds. The van der Waals surface area contributed by atoms with Crippen LogP contribution >= 0.6 is 0 Å². The Kier molecular flexibility index (Phi) is 2.73. The molecule has 4 N–H and O–H groups in total. The first-order valence-electron chi connectivity index (χ1n) is 4.37. The summed E-state index contributed by atoms with van der Waals surface area (Å²) in [5, 5.41) is 8.82. The van der Waals surface area contributed by atoms with Crippen LogP contribution in [0.25, 0.3) is 0 Å². The molecule has 1 aromatic heterocycles. The van der Waals surface area contributed by atoms with Gasteiger partial charge in [0.1, 0.15) is 5.82 Å². The summed E-state index contributed by atoms with van der Waals surface area (Å²) in [5.41, 5.74) is 6.68. The highest BCUT2D eigenvalue weighted by molar-refractivity contribution is 5.12. The SMILES string of the molecule is CC(C)(C)c1cnc(C(N)CO)[nH]1. The average molecular weight is 183 g/mol. The number of hydrogen-bond donors (Lipinski definition) is 3. The van der Waals surface area contributed by atoms with E-state index in [-0.39, 0.29) is 12.0 Å². The van der Waals surface area contributed by atoms with Crippen LogP contribution < -0.4 is 5.73 Å². The van der Waals surface area contributed by atoms with Crippen LogP contribution in [0.2, 0.25) is 0 Å². The van der Waals surface area contributed by atoms with Gasteiger partial charge in [-0.25, -0.2) is 4.98 Å². The van der Waals surface area contributed by atoms with Gasteiger partial charge in [0.15, 0.2) is 0 Å². The fourth-order valence-corrected chi connectivity index (χ4v) is 0.993. The second-order valence-electron chi connectivity index (χ2n) is 4.22. The van der Waals surface area contributed by atoms with Crippen LogP contribution in [0.4, 0.5) is 0 Å². The molecule has 0 saturated carbocycles. The molecule has 0 aliphatic heterocycles. The lowest BCUT2D eigenvalue weighted by atomic mass is 9.93. The van der Waals surface area contributed by atoms with Gasteiger partial charge in [-0.3, -0.25) is 0 Å². The lowest BCUT2D eigenvalue weighted by molar-refractivity contribution is 0.264. The van der Waals surface area contributed by atoms with Gasteiger partial charge in [-0.2, -0.15) is 0 Å². The molecule has 0 aliphatic carbocycles. The minimum atomic E-state index is -0.406. The van der Waals surface area contributed by atoms with Gasteiger partial charge in [0, 0.05) is 17.3 Å². The Balaban J connectivity index is 2.87. The van der Waals surface area contributed by atoms with Gasteiger partial charge in [0.2, 0.25) is 0 Å². The smallest absolute Gasteiger partial charge is 0.125 e. The molecule has 0 spiro atoms. The van der Waals surface area contributed by atoms with Gasteiger partial charge in [0.05, 0.1) is 12.6 Å². The van der Waals surface area contributed by atoms with Crippen LogP contribution in [-0.4, -0.2) is 21.7 Å². The molecule has 1 aromatic rings. The van der Waals surface area contributed by atoms with Crippen molar-refractivity contribution in [1.29, 1.82) is 0 Å².